The lowest BCUT2D eigenvalue weighted by atomic mass is 9.65. The zero-order valence-corrected chi connectivity index (χ0v) is 41.9. The fourth-order valence-corrected chi connectivity index (χ4v) is 8.61. The van der Waals surface area contributed by atoms with Crippen LogP contribution in [0.25, 0.3) is 11.1 Å². The zero-order valence-electron chi connectivity index (χ0n) is 41.9. The summed E-state index contributed by atoms with van der Waals surface area (Å²) in [6.07, 6.45) is 6.27. The van der Waals surface area contributed by atoms with Crippen molar-refractivity contribution < 1.29 is 47.5 Å². The molecular weight excluding hydrogens is 845 g/mol. The molecule has 4 aromatic rings. The summed E-state index contributed by atoms with van der Waals surface area (Å²) in [7, 11) is 0. The van der Waals surface area contributed by atoms with Crippen molar-refractivity contribution in [2.45, 2.75) is 139 Å². The van der Waals surface area contributed by atoms with E-state index in [4.69, 9.17) is 37.9 Å². The van der Waals surface area contributed by atoms with Crippen molar-refractivity contribution in [2.75, 3.05) is 39.6 Å². The van der Waals surface area contributed by atoms with E-state index in [9.17, 15) is 9.59 Å². The first-order valence-electron chi connectivity index (χ1n) is 24.7. The molecule has 10 heteroatoms. The summed E-state index contributed by atoms with van der Waals surface area (Å²) in [4.78, 5) is 27.6. The van der Waals surface area contributed by atoms with Gasteiger partial charge in [0.15, 0.2) is 23.0 Å². The minimum absolute atomic E-state index is 0.237. The SMILES string of the molecule is C=C(C)C(=O)Oc1c(CCC)c(OCCC)c(C2(c3c(OCCC)c(CCC)c(OC(=O)C(=C)C)c(OCCC)c3OCCC)c3ccccc3-c3ccccc32)c(OCCC)c1OCCC. The molecule has 0 unspecified atom stereocenters. The van der Waals surface area contributed by atoms with Gasteiger partial charge in [-0.3, -0.25) is 0 Å². The number of ether oxygens (including phenoxy) is 8. The van der Waals surface area contributed by atoms with Crippen LogP contribution in [0.2, 0.25) is 0 Å². The molecular formula is C57H74O10. The highest BCUT2D eigenvalue weighted by Gasteiger charge is 2.56. The van der Waals surface area contributed by atoms with E-state index < -0.39 is 17.4 Å². The average molecular weight is 919 g/mol. The number of hydrogen-bond acceptors (Lipinski definition) is 10. The van der Waals surface area contributed by atoms with Crippen molar-refractivity contribution in [3.63, 3.8) is 0 Å². The van der Waals surface area contributed by atoms with Gasteiger partial charge < -0.3 is 37.9 Å². The summed E-state index contributed by atoms with van der Waals surface area (Å²) in [5, 5.41) is 0. The first-order valence-corrected chi connectivity index (χ1v) is 24.7. The van der Waals surface area contributed by atoms with Crippen molar-refractivity contribution in [2.24, 2.45) is 0 Å². The van der Waals surface area contributed by atoms with Crippen LogP contribution in [0.15, 0.2) is 72.8 Å². The molecule has 1 aliphatic rings. The molecule has 4 aromatic carbocycles. The Bertz CT molecular complexity index is 2210. The van der Waals surface area contributed by atoms with Gasteiger partial charge in [0, 0.05) is 22.3 Å². The number of fused-ring (bicyclic) bond motifs is 3. The molecule has 0 aromatic heterocycles. The smallest absolute Gasteiger partial charge is 0.338 e. The number of rotatable bonds is 28. The van der Waals surface area contributed by atoms with Crippen molar-refractivity contribution in [3.8, 4) is 57.1 Å². The molecule has 0 spiro atoms. The molecule has 1 aliphatic carbocycles. The lowest BCUT2D eigenvalue weighted by Crippen LogP contribution is -2.33. The van der Waals surface area contributed by atoms with Crippen LogP contribution in [0.1, 0.15) is 154 Å². The molecule has 5 rings (SSSR count). The number of hydrogen-bond donors (Lipinski definition) is 0. The molecule has 0 saturated heterocycles. The van der Waals surface area contributed by atoms with E-state index in [1.807, 2.05) is 26.0 Å². The first kappa shape index (κ1) is 52.1. The van der Waals surface area contributed by atoms with Crippen LogP contribution in [-0.4, -0.2) is 51.6 Å². The second-order valence-corrected chi connectivity index (χ2v) is 17.1. The number of benzene rings is 4. The molecule has 0 saturated carbocycles. The van der Waals surface area contributed by atoms with Gasteiger partial charge in [0.2, 0.25) is 11.5 Å². The Morgan fingerprint density at radius 3 is 1.01 bits per heavy atom. The topological polar surface area (TPSA) is 108 Å². The molecule has 10 nitrogen and oxygen atoms in total. The molecule has 0 bridgehead atoms. The number of carbonyl (C=O) groups is 2. The summed E-state index contributed by atoms with van der Waals surface area (Å²) >= 11 is 0. The van der Waals surface area contributed by atoms with E-state index in [1.54, 1.807) is 13.8 Å². The van der Waals surface area contributed by atoms with Gasteiger partial charge in [-0.05, 0) is 87.5 Å². The quantitative estimate of drug-likeness (QED) is 0.0273. The van der Waals surface area contributed by atoms with Gasteiger partial charge in [0.1, 0.15) is 11.5 Å². The van der Waals surface area contributed by atoms with Gasteiger partial charge in [-0.2, -0.15) is 0 Å². The second-order valence-electron chi connectivity index (χ2n) is 17.1. The van der Waals surface area contributed by atoms with Crippen LogP contribution in [0.4, 0.5) is 0 Å². The summed E-state index contributed by atoms with van der Waals surface area (Å²) in [6, 6.07) is 16.8. The molecule has 0 heterocycles. The van der Waals surface area contributed by atoms with Gasteiger partial charge in [0.25, 0.3) is 0 Å². The Morgan fingerprint density at radius 2 is 0.716 bits per heavy atom. The Kier molecular flexibility index (Phi) is 19.2. The molecule has 0 atom stereocenters. The van der Waals surface area contributed by atoms with Crippen LogP contribution in [-0.2, 0) is 27.8 Å². The first-order chi connectivity index (χ1) is 32.5. The Labute approximate surface area is 399 Å². The van der Waals surface area contributed by atoms with Crippen LogP contribution in [0, 0.1) is 0 Å². The highest BCUT2D eigenvalue weighted by atomic mass is 16.6. The summed E-state index contributed by atoms with van der Waals surface area (Å²) in [5.41, 5.74) is 5.51. The van der Waals surface area contributed by atoms with Crippen molar-refractivity contribution in [3.05, 3.63) is 106 Å². The lowest BCUT2D eigenvalue weighted by Gasteiger charge is -2.40. The van der Waals surface area contributed by atoms with Gasteiger partial charge in [-0.1, -0.05) is 130 Å². The minimum atomic E-state index is -1.38. The normalized spacial score (nSPS) is 12.1. The van der Waals surface area contributed by atoms with E-state index in [0.717, 1.165) is 22.3 Å². The monoisotopic (exact) mass is 919 g/mol. The summed E-state index contributed by atoms with van der Waals surface area (Å²) in [5.74, 6) is 1.63. The van der Waals surface area contributed by atoms with Crippen LogP contribution in [0.3, 0.4) is 0 Å². The minimum Gasteiger partial charge on any atom is -0.493 e. The highest BCUT2D eigenvalue weighted by molar-refractivity contribution is 5.94. The van der Waals surface area contributed by atoms with E-state index >= 15 is 0 Å². The lowest BCUT2D eigenvalue weighted by molar-refractivity contribution is -0.131. The molecule has 0 fully saturated rings. The number of carbonyl (C=O) groups excluding carboxylic acids is 2. The fraction of sp³-hybridized carbons (Fsp3) is 0.474. The van der Waals surface area contributed by atoms with E-state index in [1.165, 1.54) is 0 Å². The predicted octanol–water partition coefficient (Wildman–Crippen LogP) is 13.7. The largest absolute Gasteiger partial charge is 0.493 e. The van der Waals surface area contributed by atoms with E-state index in [2.05, 4.69) is 91.1 Å². The molecule has 0 amide bonds. The van der Waals surface area contributed by atoms with Crippen LogP contribution >= 0.6 is 0 Å². The standard InChI is InChI=1S/C57H74O10/c1-13-25-41-47(60-31-15-3)45(51(62-33-17-5)53(64-35-19-7)49(41)66-55(58)37(9)10)57(43-29-23-21-27-39(43)40-28-22-24-30-44(40)57)46-48(61-32-16-4)42(26-14-2)50(67-56(59)38(11)12)54(65-36-20-8)52(46)63-34-18-6/h21-24,27-30H,9,11,13-20,25-26,31-36H2,1-8,10,12H3. The molecule has 0 radical (unpaired) electrons. The molecule has 0 N–H and O–H groups in total. The maximum atomic E-state index is 13.8. The van der Waals surface area contributed by atoms with Crippen molar-refractivity contribution in [1.29, 1.82) is 0 Å². The van der Waals surface area contributed by atoms with Crippen molar-refractivity contribution >= 4 is 11.9 Å². The third-order valence-corrected chi connectivity index (χ3v) is 11.3. The molecule has 67 heavy (non-hydrogen) atoms. The third kappa shape index (κ3) is 10.6. The van der Waals surface area contributed by atoms with Gasteiger partial charge >= 0.3 is 11.9 Å². The van der Waals surface area contributed by atoms with E-state index in [0.29, 0.717) is 161 Å². The number of esters is 2. The Balaban J connectivity index is 2.31. The third-order valence-electron chi connectivity index (χ3n) is 11.3. The molecule has 0 aliphatic heterocycles. The maximum absolute atomic E-state index is 13.8. The Morgan fingerprint density at radius 1 is 0.418 bits per heavy atom. The Hall–Kier alpha value is -5.90. The van der Waals surface area contributed by atoms with Crippen LogP contribution in [0.5, 0.6) is 46.0 Å². The van der Waals surface area contributed by atoms with E-state index in [-0.39, 0.29) is 22.6 Å². The van der Waals surface area contributed by atoms with Crippen molar-refractivity contribution in [1.82, 2.24) is 0 Å². The summed E-state index contributed by atoms with van der Waals surface area (Å²) < 4.78 is 55.3. The average Bonchev–Trinajstić information content (AvgIpc) is 3.61. The maximum Gasteiger partial charge on any atom is 0.338 e. The fourth-order valence-electron chi connectivity index (χ4n) is 8.61. The predicted molar refractivity (Wildman–Crippen MR) is 267 cm³/mol. The van der Waals surface area contributed by atoms with Gasteiger partial charge in [-0.15, -0.1) is 0 Å². The zero-order chi connectivity index (χ0) is 48.7. The van der Waals surface area contributed by atoms with Crippen LogP contribution < -0.4 is 37.9 Å². The van der Waals surface area contributed by atoms with Gasteiger partial charge in [0.05, 0.1) is 56.2 Å². The van der Waals surface area contributed by atoms with Gasteiger partial charge in [-0.25, -0.2) is 9.59 Å². The molecule has 362 valence electrons. The summed E-state index contributed by atoms with van der Waals surface area (Å²) in [6.45, 7) is 29.5. The highest BCUT2D eigenvalue weighted by Crippen LogP contribution is 2.68. The second kappa shape index (κ2) is 24.7.